The van der Waals surface area contributed by atoms with Crippen molar-refractivity contribution in [2.24, 2.45) is 0 Å². The standard InChI is InChI=1S/C43H35N11O5/c1-25-18-28(4-9-36(25)59-30-12-13-53-38(21-30)46-24-48-53)49-40-32-6-2-26(19-34(32)45-23-47-40)27-3-10-37(44-22-27)52-16-14-51(15-17-52)29-5-7-31-33(20-29)43(58)54(42(31)57)35-8-11-39(55)50-41(35)56/h2-7,9-10,12-13,18-24,35H,8,11,14-17H2,1H3,(H,45,47,49)(H,50,55,56). The average molecular weight is 786 g/mol. The number of imide groups is 2. The minimum absolute atomic E-state index is 0.0787. The fourth-order valence-corrected chi connectivity index (χ4v) is 7.89. The molecular formula is C43H35N11O5. The number of piperidine rings is 1. The van der Waals surface area contributed by atoms with Crippen molar-refractivity contribution < 1.29 is 23.9 Å². The van der Waals surface area contributed by atoms with Crippen molar-refractivity contribution in [1.29, 1.82) is 0 Å². The first-order valence-corrected chi connectivity index (χ1v) is 19.2. The second-order valence-electron chi connectivity index (χ2n) is 14.6. The van der Waals surface area contributed by atoms with E-state index in [0.29, 0.717) is 43.4 Å². The number of ether oxygens (including phenoxy) is 1. The lowest BCUT2D eigenvalue weighted by Gasteiger charge is -2.36. The van der Waals surface area contributed by atoms with E-state index < -0.39 is 29.7 Å². The number of hydrogen-bond acceptors (Lipinski definition) is 13. The van der Waals surface area contributed by atoms with Crippen LogP contribution in [0.2, 0.25) is 0 Å². The Kier molecular flexibility index (Phi) is 8.65. The van der Waals surface area contributed by atoms with Gasteiger partial charge in [0.05, 0.1) is 16.6 Å². The Balaban J connectivity index is 0.779. The molecule has 292 valence electrons. The van der Waals surface area contributed by atoms with Gasteiger partial charge in [-0.15, -0.1) is 0 Å². The number of amides is 4. The summed E-state index contributed by atoms with van der Waals surface area (Å²) in [5.41, 5.74) is 6.62. The highest BCUT2D eigenvalue weighted by atomic mass is 16.5. The monoisotopic (exact) mass is 785 g/mol. The number of carbonyl (C=O) groups excluding carboxylic acids is 4. The number of nitrogens with one attached hydrogen (secondary N) is 2. The number of hydrogen-bond donors (Lipinski definition) is 2. The van der Waals surface area contributed by atoms with E-state index in [0.717, 1.165) is 55.4 Å². The molecule has 3 aromatic carbocycles. The molecule has 0 spiro atoms. The Morgan fingerprint density at radius 1 is 0.763 bits per heavy atom. The third kappa shape index (κ3) is 6.59. The van der Waals surface area contributed by atoms with Crippen molar-refractivity contribution >= 4 is 63.2 Å². The number of aromatic nitrogens is 6. The molecular weight excluding hydrogens is 751 g/mol. The molecule has 2 N–H and O–H groups in total. The minimum atomic E-state index is -0.993. The van der Waals surface area contributed by atoms with Crippen molar-refractivity contribution in [2.45, 2.75) is 25.8 Å². The molecule has 0 aliphatic carbocycles. The van der Waals surface area contributed by atoms with Gasteiger partial charge in [0.15, 0.2) is 5.65 Å². The number of anilines is 4. The van der Waals surface area contributed by atoms with Crippen LogP contribution in [-0.2, 0) is 9.59 Å². The highest BCUT2D eigenvalue weighted by Gasteiger charge is 2.44. The van der Waals surface area contributed by atoms with E-state index in [-0.39, 0.29) is 24.0 Å². The van der Waals surface area contributed by atoms with Gasteiger partial charge in [0.2, 0.25) is 11.8 Å². The number of pyridine rings is 2. The third-order valence-corrected chi connectivity index (χ3v) is 11.0. The predicted molar refractivity (Wildman–Crippen MR) is 218 cm³/mol. The first-order chi connectivity index (χ1) is 28.8. The highest BCUT2D eigenvalue weighted by Crippen LogP contribution is 2.34. The van der Waals surface area contributed by atoms with Crippen LogP contribution in [0, 0.1) is 6.92 Å². The number of aryl methyl sites for hydroxylation is 1. The zero-order chi connectivity index (χ0) is 40.2. The quantitative estimate of drug-likeness (QED) is 0.190. The van der Waals surface area contributed by atoms with E-state index in [4.69, 9.17) is 9.72 Å². The molecule has 2 saturated heterocycles. The molecule has 16 heteroatoms. The van der Waals surface area contributed by atoms with E-state index in [1.807, 2.05) is 80.0 Å². The molecule has 59 heavy (non-hydrogen) atoms. The summed E-state index contributed by atoms with van der Waals surface area (Å²) in [6, 6.07) is 24.0. The molecule has 10 rings (SSSR count). The van der Waals surface area contributed by atoms with Gasteiger partial charge in [0.25, 0.3) is 11.8 Å². The van der Waals surface area contributed by atoms with E-state index in [1.165, 1.54) is 6.33 Å². The molecule has 1 atom stereocenters. The Hall–Kier alpha value is -7.75. The van der Waals surface area contributed by atoms with Crippen LogP contribution in [0.5, 0.6) is 11.5 Å². The number of piperazine rings is 1. The summed E-state index contributed by atoms with van der Waals surface area (Å²) in [6.45, 7) is 4.77. The summed E-state index contributed by atoms with van der Waals surface area (Å²) in [5.74, 6) is 0.910. The predicted octanol–water partition coefficient (Wildman–Crippen LogP) is 5.31. The first-order valence-electron chi connectivity index (χ1n) is 19.2. The Labute approximate surface area is 336 Å². The maximum Gasteiger partial charge on any atom is 0.262 e. The van der Waals surface area contributed by atoms with Gasteiger partial charge in [-0.3, -0.25) is 29.4 Å². The molecule has 16 nitrogen and oxygen atoms in total. The molecule has 0 saturated carbocycles. The molecule has 1 unspecified atom stereocenters. The van der Waals surface area contributed by atoms with Crippen LogP contribution in [0.4, 0.5) is 23.0 Å². The Bertz CT molecular complexity index is 2850. The Morgan fingerprint density at radius 3 is 2.41 bits per heavy atom. The molecule has 0 radical (unpaired) electrons. The van der Waals surface area contributed by atoms with E-state index in [2.05, 4.69) is 46.6 Å². The molecule has 7 heterocycles. The molecule has 7 aromatic rings. The highest BCUT2D eigenvalue weighted by molar-refractivity contribution is 6.23. The van der Waals surface area contributed by atoms with Crippen molar-refractivity contribution in [3.05, 3.63) is 121 Å². The summed E-state index contributed by atoms with van der Waals surface area (Å²) in [5, 5.41) is 10.7. The number of benzene rings is 3. The van der Waals surface area contributed by atoms with Gasteiger partial charge >= 0.3 is 0 Å². The second kappa shape index (κ2) is 14.3. The molecule has 3 aliphatic rings. The van der Waals surface area contributed by atoms with E-state index >= 15 is 0 Å². The topological polar surface area (TPSA) is 180 Å². The maximum atomic E-state index is 13.4. The molecule has 3 aliphatic heterocycles. The first kappa shape index (κ1) is 35.6. The van der Waals surface area contributed by atoms with Gasteiger partial charge in [-0.2, -0.15) is 5.10 Å². The van der Waals surface area contributed by atoms with Gasteiger partial charge < -0.3 is 19.9 Å². The van der Waals surface area contributed by atoms with Crippen LogP contribution in [0.25, 0.3) is 27.7 Å². The minimum Gasteiger partial charge on any atom is -0.457 e. The fourth-order valence-electron chi connectivity index (χ4n) is 7.89. The SMILES string of the molecule is Cc1cc(Nc2ncnc3cc(-c4ccc(N5CCN(c6ccc7c(c6)C(=O)N(C6CCC(=O)NC6=O)C7=O)CC5)nc4)ccc23)ccc1Oc1ccn2ncnc2c1. The summed E-state index contributed by atoms with van der Waals surface area (Å²) in [4.78, 5) is 74.1. The number of fused-ring (bicyclic) bond motifs is 3. The Morgan fingerprint density at radius 2 is 1.59 bits per heavy atom. The van der Waals surface area contributed by atoms with Gasteiger partial charge in [0.1, 0.15) is 41.8 Å². The number of nitrogens with zero attached hydrogens (tertiary/aromatic N) is 9. The summed E-state index contributed by atoms with van der Waals surface area (Å²) >= 11 is 0. The van der Waals surface area contributed by atoms with E-state index in [9.17, 15) is 19.2 Å². The zero-order valence-electron chi connectivity index (χ0n) is 31.7. The summed E-state index contributed by atoms with van der Waals surface area (Å²) in [6.07, 6.45) is 6.94. The van der Waals surface area contributed by atoms with Crippen molar-refractivity contribution in [3.63, 3.8) is 0 Å². The lowest BCUT2D eigenvalue weighted by atomic mass is 10.0. The average Bonchev–Trinajstić information content (AvgIpc) is 3.82. The third-order valence-electron chi connectivity index (χ3n) is 11.0. The van der Waals surface area contributed by atoms with Crippen LogP contribution in [0.15, 0.2) is 104 Å². The van der Waals surface area contributed by atoms with Gasteiger partial charge in [-0.25, -0.2) is 24.5 Å². The van der Waals surface area contributed by atoms with Crippen molar-refractivity contribution in [3.8, 4) is 22.6 Å². The largest absolute Gasteiger partial charge is 0.457 e. The number of carbonyl (C=O) groups is 4. The fraction of sp³-hybridized carbons (Fsp3) is 0.186. The maximum absolute atomic E-state index is 13.4. The molecule has 2 fully saturated rings. The van der Waals surface area contributed by atoms with Gasteiger partial charge in [0, 0.05) is 73.4 Å². The van der Waals surface area contributed by atoms with Gasteiger partial charge in [-0.1, -0.05) is 6.07 Å². The van der Waals surface area contributed by atoms with Crippen LogP contribution in [0.1, 0.15) is 39.1 Å². The molecule has 0 bridgehead atoms. The van der Waals surface area contributed by atoms with Crippen molar-refractivity contribution in [2.75, 3.05) is 41.3 Å². The lowest BCUT2D eigenvalue weighted by Crippen LogP contribution is -2.54. The van der Waals surface area contributed by atoms with Crippen LogP contribution in [0.3, 0.4) is 0 Å². The molecule has 4 aromatic heterocycles. The van der Waals surface area contributed by atoms with Crippen LogP contribution in [-0.4, -0.2) is 90.3 Å². The number of rotatable bonds is 8. The van der Waals surface area contributed by atoms with Gasteiger partial charge in [-0.05, 0) is 91.2 Å². The lowest BCUT2D eigenvalue weighted by molar-refractivity contribution is -0.136. The second-order valence-corrected chi connectivity index (χ2v) is 14.6. The normalized spacial score (nSPS) is 16.8. The smallest absolute Gasteiger partial charge is 0.262 e. The van der Waals surface area contributed by atoms with Crippen molar-refractivity contribution in [1.82, 2.24) is 39.8 Å². The summed E-state index contributed by atoms with van der Waals surface area (Å²) in [7, 11) is 0. The van der Waals surface area contributed by atoms with Crippen LogP contribution < -0.4 is 25.2 Å². The molecule has 4 amide bonds. The zero-order valence-corrected chi connectivity index (χ0v) is 31.7. The van der Waals surface area contributed by atoms with E-state index in [1.54, 1.807) is 23.0 Å². The van der Waals surface area contributed by atoms with Crippen LogP contribution >= 0.6 is 0 Å². The summed E-state index contributed by atoms with van der Waals surface area (Å²) < 4.78 is 7.82.